The minimum atomic E-state index is -3.93. The maximum absolute atomic E-state index is 13.4. The van der Waals surface area contributed by atoms with Crippen molar-refractivity contribution >= 4 is 44.1 Å². The number of amides is 1. The van der Waals surface area contributed by atoms with E-state index in [-0.39, 0.29) is 16.6 Å². The highest BCUT2D eigenvalue weighted by Crippen LogP contribution is 2.28. The Morgan fingerprint density at radius 3 is 2.50 bits per heavy atom. The minimum Gasteiger partial charge on any atom is -0.326 e. The molecule has 0 spiro atoms. The van der Waals surface area contributed by atoms with Crippen LogP contribution in [-0.2, 0) is 21.2 Å². The number of benzene rings is 2. The summed E-state index contributed by atoms with van der Waals surface area (Å²) in [7, 11) is -2.48. The lowest BCUT2D eigenvalue weighted by atomic mass is 10.2. The van der Waals surface area contributed by atoms with Crippen LogP contribution in [0.25, 0.3) is 16.7 Å². The van der Waals surface area contributed by atoms with Gasteiger partial charge < -0.3 is 5.32 Å². The average molecular weight is 453 g/mol. The van der Waals surface area contributed by atoms with E-state index in [0.29, 0.717) is 16.9 Å². The molecule has 4 rings (SSSR count). The van der Waals surface area contributed by atoms with Crippen LogP contribution in [0.15, 0.2) is 53.4 Å². The molecule has 2 aromatic heterocycles. The Hall–Kier alpha value is -3.53. The Labute approximate surface area is 186 Å². The zero-order valence-electron chi connectivity index (χ0n) is 18.1. The van der Waals surface area contributed by atoms with E-state index in [0.717, 1.165) is 34.9 Å². The van der Waals surface area contributed by atoms with Crippen LogP contribution < -0.4 is 9.62 Å². The van der Waals surface area contributed by atoms with E-state index in [1.165, 1.54) is 26.1 Å². The number of rotatable bonds is 7. The van der Waals surface area contributed by atoms with Crippen molar-refractivity contribution in [3.05, 3.63) is 54.4 Å². The molecule has 0 atom stereocenters. The number of nitrogens with zero attached hydrogens (tertiary/aromatic N) is 5. The zero-order chi connectivity index (χ0) is 22.9. The van der Waals surface area contributed by atoms with Crippen LogP contribution in [0.3, 0.4) is 0 Å². The Bertz CT molecular complexity index is 1400. The second-order valence-electron chi connectivity index (χ2n) is 7.48. The van der Waals surface area contributed by atoms with Gasteiger partial charge >= 0.3 is 0 Å². The summed E-state index contributed by atoms with van der Waals surface area (Å²) < 4.78 is 29.7. The summed E-state index contributed by atoms with van der Waals surface area (Å²) in [5, 5.41) is 11.3. The number of carbonyl (C=O) groups excluding carboxylic acids is 1. The van der Waals surface area contributed by atoms with Crippen LogP contribution in [0.4, 0.5) is 11.5 Å². The first-order chi connectivity index (χ1) is 15.3. The largest absolute Gasteiger partial charge is 0.326 e. The second-order valence-corrected chi connectivity index (χ2v) is 9.45. The monoisotopic (exact) mass is 452 g/mol. The SMILES string of the molecule is CCCCc1nnc2c(N(C)S(=O)(=O)c3ccc(NC(C)=O)cc3)nc3ccccc3n12. The van der Waals surface area contributed by atoms with Gasteiger partial charge in [0, 0.05) is 26.1 Å². The molecule has 4 aromatic rings. The quantitative estimate of drug-likeness (QED) is 0.460. The number of aromatic nitrogens is 4. The highest BCUT2D eigenvalue weighted by Gasteiger charge is 2.27. The van der Waals surface area contributed by atoms with Crippen molar-refractivity contribution in [3.8, 4) is 0 Å². The molecular weight excluding hydrogens is 428 g/mol. The lowest BCUT2D eigenvalue weighted by molar-refractivity contribution is -0.114. The molecule has 1 amide bonds. The molecule has 0 aliphatic heterocycles. The smallest absolute Gasteiger partial charge is 0.265 e. The third-order valence-corrected chi connectivity index (χ3v) is 6.93. The van der Waals surface area contributed by atoms with Gasteiger partial charge in [0.1, 0.15) is 5.82 Å². The van der Waals surface area contributed by atoms with E-state index in [1.807, 2.05) is 28.7 Å². The van der Waals surface area contributed by atoms with E-state index >= 15 is 0 Å². The number of anilines is 2. The van der Waals surface area contributed by atoms with Gasteiger partial charge in [0.2, 0.25) is 11.6 Å². The lowest BCUT2D eigenvalue weighted by Crippen LogP contribution is -2.28. The van der Waals surface area contributed by atoms with Crippen LogP contribution in [0.1, 0.15) is 32.5 Å². The van der Waals surface area contributed by atoms with Crippen molar-refractivity contribution in [2.45, 2.75) is 38.0 Å². The standard InChI is InChI=1S/C22H24N6O3S/c1-4-5-10-20-25-26-22-21(24-18-8-6-7-9-19(18)28(20)22)27(3)32(30,31)17-13-11-16(12-14-17)23-15(2)29/h6-9,11-14H,4-5,10H2,1-3H3,(H,23,29). The summed E-state index contributed by atoms with van der Waals surface area (Å²) in [4.78, 5) is 15.9. The van der Waals surface area contributed by atoms with E-state index in [4.69, 9.17) is 0 Å². The molecule has 0 bridgehead atoms. The third-order valence-electron chi connectivity index (χ3n) is 5.16. The summed E-state index contributed by atoms with van der Waals surface area (Å²) in [6.45, 7) is 3.49. The molecule has 9 nitrogen and oxygen atoms in total. The number of hydrogen-bond acceptors (Lipinski definition) is 6. The molecule has 0 unspecified atom stereocenters. The molecular formula is C22H24N6O3S. The van der Waals surface area contributed by atoms with Gasteiger partial charge in [-0.2, -0.15) is 0 Å². The van der Waals surface area contributed by atoms with E-state index < -0.39 is 10.0 Å². The fourth-order valence-electron chi connectivity index (χ4n) is 3.52. The van der Waals surface area contributed by atoms with Crippen molar-refractivity contribution in [2.75, 3.05) is 16.7 Å². The van der Waals surface area contributed by atoms with Crippen LogP contribution in [0.2, 0.25) is 0 Å². The summed E-state index contributed by atoms with van der Waals surface area (Å²) in [6.07, 6.45) is 2.68. The van der Waals surface area contributed by atoms with Gasteiger partial charge in [-0.3, -0.25) is 9.20 Å². The van der Waals surface area contributed by atoms with Crippen molar-refractivity contribution in [1.82, 2.24) is 19.6 Å². The van der Waals surface area contributed by atoms with Crippen LogP contribution in [0, 0.1) is 0 Å². The molecule has 0 aliphatic rings. The molecule has 0 fully saturated rings. The average Bonchev–Trinajstić information content (AvgIpc) is 3.21. The predicted molar refractivity (Wildman–Crippen MR) is 123 cm³/mol. The van der Waals surface area contributed by atoms with Crippen LogP contribution in [0.5, 0.6) is 0 Å². The van der Waals surface area contributed by atoms with Gasteiger partial charge in [-0.25, -0.2) is 17.7 Å². The molecule has 0 radical (unpaired) electrons. The van der Waals surface area contributed by atoms with Crippen molar-refractivity contribution in [1.29, 1.82) is 0 Å². The van der Waals surface area contributed by atoms with E-state index in [1.54, 1.807) is 12.1 Å². The predicted octanol–water partition coefficient (Wildman–Crippen LogP) is 3.40. The molecule has 1 N–H and O–H groups in total. The summed E-state index contributed by atoms with van der Waals surface area (Å²) in [6, 6.07) is 13.5. The number of aryl methyl sites for hydroxylation is 1. The van der Waals surface area contributed by atoms with Crippen molar-refractivity contribution in [3.63, 3.8) is 0 Å². The Morgan fingerprint density at radius 2 is 1.81 bits per heavy atom. The van der Waals surface area contributed by atoms with Crippen molar-refractivity contribution < 1.29 is 13.2 Å². The Kier molecular flexibility index (Phi) is 5.79. The first-order valence-electron chi connectivity index (χ1n) is 10.3. The number of carbonyl (C=O) groups is 1. The van der Waals surface area contributed by atoms with Gasteiger partial charge in [0.25, 0.3) is 10.0 Å². The van der Waals surface area contributed by atoms with Crippen LogP contribution in [-0.4, -0.2) is 41.0 Å². The number of fused-ring (bicyclic) bond motifs is 3. The molecule has 0 aliphatic carbocycles. The van der Waals surface area contributed by atoms with Gasteiger partial charge in [-0.05, 0) is 42.8 Å². The molecule has 0 saturated carbocycles. The molecule has 2 aromatic carbocycles. The number of nitrogens with one attached hydrogen (secondary N) is 1. The maximum atomic E-state index is 13.4. The van der Waals surface area contributed by atoms with Gasteiger partial charge in [0.05, 0.1) is 15.9 Å². The molecule has 166 valence electrons. The lowest BCUT2D eigenvalue weighted by Gasteiger charge is -2.20. The summed E-state index contributed by atoms with van der Waals surface area (Å²) in [5.74, 6) is 0.739. The third kappa shape index (κ3) is 3.89. The zero-order valence-corrected chi connectivity index (χ0v) is 18.9. The highest BCUT2D eigenvalue weighted by molar-refractivity contribution is 7.92. The normalized spacial score (nSPS) is 11.7. The fourth-order valence-corrected chi connectivity index (χ4v) is 4.67. The molecule has 2 heterocycles. The van der Waals surface area contributed by atoms with Gasteiger partial charge in [-0.15, -0.1) is 10.2 Å². The number of sulfonamides is 1. The minimum absolute atomic E-state index is 0.0768. The van der Waals surface area contributed by atoms with Gasteiger partial charge in [-0.1, -0.05) is 25.5 Å². The fraction of sp³-hybridized carbons (Fsp3) is 0.273. The number of para-hydroxylation sites is 2. The highest BCUT2D eigenvalue weighted by atomic mass is 32.2. The van der Waals surface area contributed by atoms with E-state index in [9.17, 15) is 13.2 Å². The van der Waals surface area contributed by atoms with Crippen molar-refractivity contribution in [2.24, 2.45) is 0 Å². The Morgan fingerprint density at radius 1 is 1.09 bits per heavy atom. The molecule has 0 saturated heterocycles. The summed E-state index contributed by atoms with van der Waals surface area (Å²) >= 11 is 0. The second kappa shape index (κ2) is 8.54. The topological polar surface area (TPSA) is 110 Å². The molecule has 32 heavy (non-hydrogen) atoms. The summed E-state index contributed by atoms with van der Waals surface area (Å²) in [5.41, 5.74) is 2.38. The first-order valence-corrected chi connectivity index (χ1v) is 11.8. The number of unbranched alkanes of at least 4 members (excludes halogenated alkanes) is 1. The maximum Gasteiger partial charge on any atom is 0.265 e. The van der Waals surface area contributed by atoms with Crippen LogP contribution >= 0.6 is 0 Å². The first kappa shape index (κ1) is 21.7. The Balaban J connectivity index is 1.82. The van der Waals surface area contributed by atoms with Gasteiger partial charge in [0.15, 0.2) is 5.82 Å². The van der Waals surface area contributed by atoms with E-state index in [2.05, 4.69) is 27.4 Å². The molecule has 10 heteroatoms. The number of hydrogen-bond donors (Lipinski definition) is 1.